The molecule has 0 saturated carbocycles. The molecule has 0 rings (SSSR count). The summed E-state index contributed by atoms with van der Waals surface area (Å²) in [4.78, 5) is 38.4. The highest BCUT2D eigenvalue weighted by atomic mass is 16.6. The van der Waals surface area contributed by atoms with Crippen molar-refractivity contribution in [2.75, 3.05) is 13.2 Å². The molecule has 1 atom stereocenters. The van der Waals surface area contributed by atoms with E-state index in [2.05, 4.69) is 130 Å². The zero-order chi connectivity index (χ0) is 58.5. The van der Waals surface area contributed by atoms with Crippen molar-refractivity contribution < 1.29 is 28.6 Å². The van der Waals surface area contributed by atoms with E-state index in [9.17, 15) is 14.4 Å². The third kappa shape index (κ3) is 66.8. The average molecular weight is 1130 g/mol. The molecule has 0 N–H and O–H groups in total. The van der Waals surface area contributed by atoms with Crippen LogP contribution >= 0.6 is 0 Å². The van der Waals surface area contributed by atoms with Crippen molar-refractivity contribution in [3.05, 3.63) is 109 Å². The van der Waals surface area contributed by atoms with Gasteiger partial charge in [-0.2, -0.15) is 0 Å². The molecular formula is C75H128O6. The summed E-state index contributed by atoms with van der Waals surface area (Å²) in [7, 11) is 0. The first kappa shape index (κ1) is 77.1. The van der Waals surface area contributed by atoms with Gasteiger partial charge < -0.3 is 14.2 Å². The number of carbonyl (C=O) groups excluding carboxylic acids is 3. The third-order valence-electron chi connectivity index (χ3n) is 14.8. The van der Waals surface area contributed by atoms with Gasteiger partial charge in [-0.25, -0.2) is 0 Å². The van der Waals surface area contributed by atoms with Gasteiger partial charge in [0, 0.05) is 19.3 Å². The standard InChI is InChI=1S/C75H128O6/c1-4-7-10-13-16-19-22-25-28-31-34-36-37-39-41-44-47-50-53-56-59-62-65-68-74(77)80-71-72(70-79-73(76)67-64-61-58-55-52-49-46-43-40-33-30-27-24-21-18-15-12-9-6-3)81-75(78)69-66-63-60-57-54-51-48-45-42-38-35-32-29-26-23-20-17-14-11-8-5-2/h8,11,17,20,22,25-26,29,31,34-35,37-39,45,48,54,57,72H,4-7,9-10,12-16,18-19,21,23-24,27-28,30,32-33,36,40-44,46-47,49-53,55-56,58-71H2,1-3H3/b11-8-,20-17-,25-22-,29-26-,34-31-,38-35-,39-37-,48-45-,57-54-. The van der Waals surface area contributed by atoms with Crippen LogP contribution in [0, 0.1) is 0 Å². The number of carbonyl (C=O) groups is 3. The molecule has 0 aromatic carbocycles. The van der Waals surface area contributed by atoms with Crippen LogP contribution in [0.5, 0.6) is 0 Å². The summed E-state index contributed by atoms with van der Waals surface area (Å²) >= 11 is 0. The maximum absolute atomic E-state index is 12.9. The van der Waals surface area contributed by atoms with Gasteiger partial charge in [0.2, 0.25) is 0 Å². The third-order valence-corrected chi connectivity index (χ3v) is 14.8. The highest BCUT2D eigenvalue weighted by Crippen LogP contribution is 2.17. The molecule has 6 heteroatoms. The Morgan fingerprint density at radius 1 is 0.259 bits per heavy atom. The zero-order valence-electron chi connectivity index (χ0n) is 53.3. The summed E-state index contributed by atoms with van der Waals surface area (Å²) in [6.07, 6.45) is 93.9. The first-order chi connectivity index (χ1) is 40.0. The van der Waals surface area contributed by atoms with Crippen molar-refractivity contribution in [1.82, 2.24) is 0 Å². The molecule has 0 fully saturated rings. The van der Waals surface area contributed by atoms with Gasteiger partial charge in [-0.15, -0.1) is 0 Å². The van der Waals surface area contributed by atoms with E-state index in [1.54, 1.807) is 0 Å². The first-order valence-corrected chi connectivity index (χ1v) is 34.4. The summed E-state index contributed by atoms with van der Waals surface area (Å²) in [6.45, 7) is 6.51. The average Bonchev–Trinajstić information content (AvgIpc) is 3.47. The van der Waals surface area contributed by atoms with E-state index < -0.39 is 6.10 Å². The van der Waals surface area contributed by atoms with E-state index in [-0.39, 0.29) is 37.5 Å². The van der Waals surface area contributed by atoms with Crippen molar-refractivity contribution in [2.45, 2.75) is 335 Å². The molecule has 0 saturated heterocycles. The van der Waals surface area contributed by atoms with E-state index in [1.807, 2.05) is 0 Å². The molecule has 0 aromatic heterocycles. The Hall–Kier alpha value is -3.93. The Morgan fingerprint density at radius 2 is 0.481 bits per heavy atom. The quantitative estimate of drug-likeness (QED) is 0.0261. The van der Waals surface area contributed by atoms with E-state index in [0.717, 1.165) is 109 Å². The minimum atomic E-state index is -0.807. The predicted molar refractivity (Wildman–Crippen MR) is 353 cm³/mol. The fourth-order valence-corrected chi connectivity index (χ4v) is 9.63. The minimum absolute atomic E-state index is 0.0966. The molecule has 0 aliphatic carbocycles. The summed E-state index contributed by atoms with van der Waals surface area (Å²) in [5.41, 5.74) is 0. The fraction of sp³-hybridized carbons (Fsp3) is 0.720. The minimum Gasteiger partial charge on any atom is -0.462 e. The second-order valence-electron chi connectivity index (χ2n) is 22.7. The van der Waals surface area contributed by atoms with Crippen LogP contribution in [-0.4, -0.2) is 37.2 Å². The summed E-state index contributed by atoms with van der Waals surface area (Å²) in [5, 5.41) is 0. The molecule has 1 unspecified atom stereocenters. The highest BCUT2D eigenvalue weighted by Gasteiger charge is 2.19. The van der Waals surface area contributed by atoms with Gasteiger partial charge in [-0.05, 0) is 109 Å². The normalized spacial score (nSPS) is 12.8. The van der Waals surface area contributed by atoms with Crippen molar-refractivity contribution in [3.63, 3.8) is 0 Å². The molecule has 0 bridgehead atoms. The van der Waals surface area contributed by atoms with Crippen molar-refractivity contribution >= 4 is 17.9 Å². The number of unbranched alkanes of at least 4 members (excludes halogenated alkanes) is 33. The van der Waals surface area contributed by atoms with Crippen LogP contribution in [0.3, 0.4) is 0 Å². The Labute approximate surface area is 501 Å². The SMILES string of the molecule is CC/C=C\C/C=C\C/C=C\C/C=C\C/C=C\C/C=C\CCCCC(=O)OC(COC(=O)CCCCCCCCCC/C=C\C/C=C\C/C=C\CCCCCCC)COC(=O)CCCCCCCCCCCCCCCCCCCCC. The topological polar surface area (TPSA) is 78.9 Å². The van der Waals surface area contributed by atoms with Gasteiger partial charge in [0.05, 0.1) is 0 Å². The molecule has 0 spiro atoms. The fourth-order valence-electron chi connectivity index (χ4n) is 9.63. The van der Waals surface area contributed by atoms with Gasteiger partial charge in [0.15, 0.2) is 6.10 Å². The molecule has 0 radical (unpaired) electrons. The number of esters is 3. The second kappa shape index (κ2) is 68.6. The second-order valence-corrected chi connectivity index (χ2v) is 22.7. The summed E-state index contributed by atoms with van der Waals surface area (Å²) in [5.74, 6) is -0.935. The molecule has 0 aromatic rings. The lowest BCUT2D eigenvalue weighted by Gasteiger charge is -2.18. The molecule has 464 valence electrons. The summed E-state index contributed by atoms with van der Waals surface area (Å²) < 4.78 is 16.9. The lowest BCUT2D eigenvalue weighted by molar-refractivity contribution is -0.167. The van der Waals surface area contributed by atoms with Crippen LogP contribution < -0.4 is 0 Å². The number of allylic oxidation sites excluding steroid dienone is 18. The van der Waals surface area contributed by atoms with E-state index in [4.69, 9.17) is 14.2 Å². The maximum Gasteiger partial charge on any atom is 0.306 e. The number of hydrogen-bond donors (Lipinski definition) is 0. The van der Waals surface area contributed by atoms with Crippen LogP contribution in [0.25, 0.3) is 0 Å². The Kier molecular flexibility index (Phi) is 65.2. The lowest BCUT2D eigenvalue weighted by atomic mass is 10.0. The summed E-state index contributed by atoms with van der Waals surface area (Å²) in [6, 6.07) is 0. The van der Waals surface area contributed by atoms with Gasteiger partial charge in [0.1, 0.15) is 13.2 Å². The molecule has 0 heterocycles. The van der Waals surface area contributed by atoms with Crippen LogP contribution in [0.2, 0.25) is 0 Å². The van der Waals surface area contributed by atoms with Gasteiger partial charge in [-0.3, -0.25) is 14.4 Å². The molecule has 81 heavy (non-hydrogen) atoms. The lowest BCUT2D eigenvalue weighted by Crippen LogP contribution is -2.30. The van der Waals surface area contributed by atoms with Crippen LogP contribution in [0.15, 0.2) is 109 Å². The molecule has 6 nitrogen and oxygen atoms in total. The smallest absolute Gasteiger partial charge is 0.306 e. The number of ether oxygens (including phenoxy) is 3. The molecule has 0 amide bonds. The zero-order valence-corrected chi connectivity index (χ0v) is 53.3. The maximum atomic E-state index is 12.9. The van der Waals surface area contributed by atoms with Crippen LogP contribution in [0.1, 0.15) is 329 Å². The van der Waals surface area contributed by atoms with Gasteiger partial charge in [0.25, 0.3) is 0 Å². The molecular weight excluding hydrogens is 997 g/mol. The van der Waals surface area contributed by atoms with E-state index >= 15 is 0 Å². The van der Waals surface area contributed by atoms with Gasteiger partial charge >= 0.3 is 17.9 Å². The van der Waals surface area contributed by atoms with Crippen molar-refractivity contribution in [3.8, 4) is 0 Å². The van der Waals surface area contributed by atoms with Crippen molar-refractivity contribution in [2.24, 2.45) is 0 Å². The highest BCUT2D eigenvalue weighted by molar-refractivity contribution is 5.71. The monoisotopic (exact) mass is 1120 g/mol. The first-order valence-electron chi connectivity index (χ1n) is 34.4. The Balaban J connectivity index is 4.46. The van der Waals surface area contributed by atoms with Crippen molar-refractivity contribution in [1.29, 1.82) is 0 Å². The van der Waals surface area contributed by atoms with E-state index in [1.165, 1.54) is 173 Å². The van der Waals surface area contributed by atoms with Crippen LogP contribution in [0.4, 0.5) is 0 Å². The number of hydrogen-bond acceptors (Lipinski definition) is 6. The molecule has 0 aliphatic rings. The largest absolute Gasteiger partial charge is 0.462 e. The molecule has 0 aliphatic heterocycles. The predicted octanol–water partition coefficient (Wildman–Crippen LogP) is 23.8. The van der Waals surface area contributed by atoms with Gasteiger partial charge in [-0.1, -0.05) is 310 Å². The Morgan fingerprint density at radius 3 is 0.778 bits per heavy atom. The van der Waals surface area contributed by atoms with E-state index in [0.29, 0.717) is 19.3 Å². The number of rotatable bonds is 62. The Bertz CT molecular complexity index is 1620. The van der Waals surface area contributed by atoms with Crippen LogP contribution in [-0.2, 0) is 28.6 Å².